The smallest absolute Gasteiger partial charge is 0.145 e. The van der Waals surface area contributed by atoms with Gasteiger partial charge in [0, 0.05) is 6.20 Å². The molecule has 2 aromatic carbocycles. The van der Waals surface area contributed by atoms with Crippen molar-refractivity contribution >= 4 is 0 Å². The molecule has 1 saturated carbocycles. The van der Waals surface area contributed by atoms with Crippen molar-refractivity contribution in [1.29, 1.82) is 0 Å². The lowest BCUT2D eigenvalue weighted by molar-refractivity contribution is 0.153. The first-order chi connectivity index (χ1) is 12.8. The molecule has 0 radical (unpaired) electrons. The number of aliphatic hydroxyl groups excluding tert-OH is 1. The largest absolute Gasteiger partial charge is 0.489 e. The van der Waals surface area contributed by atoms with Crippen molar-refractivity contribution in [2.75, 3.05) is 0 Å². The Morgan fingerprint density at radius 1 is 0.923 bits per heavy atom. The first-order valence-electron chi connectivity index (χ1n) is 8.85. The van der Waals surface area contributed by atoms with Crippen LogP contribution < -0.4 is 9.47 Å². The number of ether oxygens (including phenoxy) is 2. The second-order valence-corrected chi connectivity index (χ2v) is 6.57. The predicted octanol–water partition coefficient (Wildman–Crippen LogP) is 4.90. The molecule has 3 aromatic rings. The highest BCUT2D eigenvalue weighted by molar-refractivity contribution is 5.33. The van der Waals surface area contributed by atoms with Gasteiger partial charge in [-0.25, -0.2) is 0 Å². The van der Waals surface area contributed by atoms with Crippen molar-refractivity contribution < 1.29 is 14.6 Å². The van der Waals surface area contributed by atoms with Crippen molar-refractivity contribution in [2.24, 2.45) is 5.92 Å². The summed E-state index contributed by atoms with van der Waals surface area (Å²) in [4.78, 5) is 4.03. The Balaban J connectivity index is 1.31. The van der Waals surface area contributed by atoms with E-state index >= 15 is 0 Å². The van der Waals surface area contributed by atoms with Crippen molar-refractivity contribution in [3.63, 3.8) is 0 Å². The van der Waals surface area contributed by atoms with Crippen LogP contribution >= 0.6 is 0 Å². The molecule has 26 heavy (non-hydrogen) atoms. The van der Waals surface area contributed by atoms with Gasteiger partial charge in [-0.05, 0) is 66.3 Å². The number of hydrogen-bond donors (Lipinski definition) is 1. The van der Waals surface area contributed by atoms with Gasteiger partial charge < -0.3 is 14.6 Å². The molecule has 1 aliphatic rings. The van der Waals surface area contributed by atoms with Crippen LogP contribution in [0.5, 0.6) is 17.2 Å². The first-order valence-corrected chi connectivity index (χ1v) is 8.85. The lowest BCUT2D eigenvalue weighted by atomic mass is 10.1. The minimum atomic E-state index is -0.337. The van der Waals surface area contributed by atoms with E-state index in [2.05, 4.69) is 4.98 Å². The summed E-state index contributed by atoms with van der Waals surface area (Å²) in [5, 5.41) is 10.1. The van der Waals surface area contributed by atoms with E-state index in [1.807, 2.05) is 60.7 Å². The third-order valence-electron chi connectivity index (χ3n) is 4.49. The molecular weight excluding hydrogens is 326 g/mol. The van der Waals surface area contributed by atoms with Gasteiger partial charge in [0.2, 0.25) is 0 Å². The highest BCUT2D eigenvalue weighted by Gasteiger charge is 2.30. The van der Waals surface area contributed by atoms with E-state index in [4.69, 9.17) is 9.47 Å². The highest BCUT2D eigenvalue weighted by Crippen LogP contribution is 2.41. The molecule has 1 unspecified atom stereocenters. The molecule has 0 amide bonds. The van der Waals surface area contributed by atoms with Crippen molar-refractivity contribution in [2.45, 2.75) is 25.6 Å². The van der Waals surface area contributed by atoms with Crippen LogP contribution in [0.15, 0.2) is 73.1 Å². The minimum absolute atomic E-state index is 0.337. The molecule has 4 nitrogen and oxygen atoms in total. The lowest BCUT2D eigenvalue weighted by Gasteiger charge is -2.11. The van der Waals surface area contributed by atoms with Crippen LogP contribution in [0.3, 0.4) is 0 Å². The second-order valence-electron chi connectivity index (χ2n) is 6.57. The molecule has 132 valence electrons. The van der Waals surface area contributed by atoms with Crippen LogP contribution in [0.2, 0.25) is 0 Å². The molecular formula is C22H21NO3. The van der Waals surface area contributed by atoms with E-state index in [-0.39, 0.29) is 6.10 Å². The Morgan fingerprint density at radius 2 is 1.65 bits per heavy atom. The Bertz CT molecular complexity index is 828. The van der Waals surface area contributed by atoms with Crippen LogP contribution in [-0.2, 0) is 6.61 Å². The maximum Gasteiger partial charge on any atom is 0.145 e. The monoisotopic (exact) mass is 347 g/mol. The molecule has 0 saturated heterocycles. The van der Waals surface area contributed by atoms with Gasteiger partial charge in [0.15, 0.2) is 0 Å². The number of nitrogens with zero attached hydrogens (tertiary/aromatic N) is 1. The van der Waals surface area contributed by atoms with Gasteiger partial charge in [-0.3, -0.25) is 4.98 Å². The zero-order valence-electron chi connectivity index (χ0n) is 14.4. The Hall–Kier alpha value is -2.85. The van der Waals surface area contributed by atoms with Gasteiger partial charge in [-0.1, -0.05) is 24.3 Å². The van der Waals surface area contributed by atoms with Crippen LogP contribution in [0.25, 0.3) is 0 Å². The summed E-state index contributed by atoms with van der Waals surface area (Å²) >= 11 is 0. The summed E-state index contributed by atoms with van der Waals surface area (Å²) < 4.78 is 11.6. The number of hydrogen-bond acceptors (Lipinski definition) is 4. The Labute approximate surface area is 153 Å². The van der Waals surface area contributed by atoms with Crippen molar-refractivity contribution in [1.82, 2.24) is 4.98 Å². The summed E-state index contributed by atoms with van der Waals surface area (Å²) in [6.45, 7) is 0.484. The predicted molar refractivity (Wildman–Crippen MR) is 99.2 cm³/mol. The quantitative estimate of drug-likeness (QED) is 0.661. The average molecular weight is 347 g/mol. The molecule has 1 atom stereocenters. The number of rotatable bonds is 7. The number of pyridine rings is 1. The standard InChI is InChI=1S/C22H21NO3/c24-22(17-5-6-17)18-7-11-19(12-8-18)25-15-16-3-9-20(10-4-16)26-21-2-1-13-23-14-21/h1-4,7-14,17,22,24H,5-6,15H2. The second kappa shape index (κ2) is 7.58. The van der Waals surface area contributed by atoms with E-state index in [1.54, 1.807) is 12.4 Å². The molecule has 0 bridgehead atoms. The molecule has 4 rings (SSSR count). The molecule has 1 heterocycles. The number of benzene rings is 2. The molecule has 1 fully saturated rings. The van der Waals surface area contributed by atoms with E-state index in [1.165, 1.54) is 0 Å². The third kappa shape index (κ3) is 4.21. The first kappa shape index (κ1) is 16.6. The lowest BCUT2D eigenvalue weighted by Crippen LogP contribution is -2.00. The topological polar surface area (TPSA) is 51.6 Å². The minimum Gasteiger partial charge on any atom is -0.489 e. The van der Waals surface area contributed by atoms with Gasteiger partial charge >= 0.3 is 0 Å². The van der Waals surface area contributed by atoms with Gasteiger partial charge in [0.05, 0.1) is 12.3 Å². The SMILES string of the molecule is OC(c1ccc(OCc2ccc(Oc3cccnc3)cc2)cc1)C1CC1. The van der Waals surface area contributed by atoms with E-state index in [0.717, 1.165) is 35.5 Å². The fourth-order valence-corrected chi connectivity index (χ4v) is 2.81. The molecule has 4 heteroatoms. The summed E-state index contributed by atoms with van der Waals surface area (Å²) in [6.07, 6.45) is 5.31. The molecule has 1 aliphatic carbocycles. The normalized spacial score (nSPS) is 14.7. The van der Waals surface area contributed by atoms with E-state index < -0.39 is 0 Å². The fourth-order valence-electron chi connectivity index (χ4n) is 2.81. The highest BCUT2D eigenvalue weighted by atomic mass is 16.5. The van der Waals surface area contributed by atoms with Crippen molar-refractivity contribution in [3.05, 3.63) is 84.2 Å². The van der Waals surface area contributed by atoms with Crippen LogP contribution in [0, 0.1) is 5.92 Å². The Morgan fingerprint density at radius 3 is 2.31 bits per heavy atom. The van der Waals surface area contributed by atoms with Gasteiger partial charge in [0.1, 0.15) is 23.9 Å². The van der Waals surface area contributed by atoms with E-state index in [0.29, 0.717) is 18.3 Å². The van der Waals surface area contributed by atoms with Gasteiger partial charge in [0.25, 0.3) is 0 Å². The molecule has 1 N–H and O–H groups in total. The summed E-state index contributed by atoms with van der Waals surface area (Å²) in [7, 11) is 0. The zero-order chi connectivity index (χ0) is 17.8. The average Bonchev–Trinajstić information content (AvgIpc) is 3.53. The summed E-state index contributed by atoms with van der Waals surface area (Å²) in [5.41, 5.74) is 2.03. The molecule has 0 aliphatic heterocycles. The maximum absolute atomic E-state index is 10.1. The van der Waals surface area contributed by atoms with E-state index in [9.17, 15) is 5.11 Å². The number of aromatic nitrogens is 1. The molecule has 1 aromatic heterocycles. The molecule has 0 spiro atoms. The van der Waals surface area contributed by atoms with Crippen LogP contribution in [-0.4, -0.2) is 10.1 Å². The van der Waals surface area contributed by atoms with Gasteiger partial charge in [-0.2, -0.15) is 0 Å². The fraction of sp³-hybridized carbons (Fsp3) is 0.227. The maximum atomic E-state index is 10.1. The van der Waals surface area contributed by atoms with Gasteiger partial charge in [-0.15, -0.1) is 0 Å². The summed E-state index contributed by atoms with van der Waals surface area (Å²) in [5.74, 6) is 2.71. The third-order valence-corrected chi connectivity index (χ3v) is 4.49. The van der Waals surface area contributed by atoms with Crippen LogP contribution in [0.4, 0.5) is 0 Å². The van der Waals surface area contributed by atoms with Crippen LogP contribution in [0.1, 0.15) is 30.1 Å². The number of aliphatic hydroxyl groups is 1. The van der Waals surface area contributed by atoms with Crippen molar-refractivity contribution in [3.8, 4) is 17.2 Å². The summed E-state index contributed by atoms with van der Waals surface area (Å²) in [6, 6.07) is 19.2. The Kier molecular flexibility index (Phi) is 4.84. The zero-order valence-corrected chi connectivity index (χ0v) is 14.4.